The highest BCUT2D eigenvalue weighted by atomic mass is 32.2. The van der Waals surface area contributed by atoms with E-state index < -0.39 is 33.8 Å². The van der Waals surface area contributed by atoms with Crippen molar-refractivity contribution in [1.29, 1.82) is 0 Å². The van der Waals surface area contributed by atoms with Gasteiger partial charge in [0.2, 0.25) is 10.0 Å². The zero-order valence-electron chi connectivity index (χ0n) is 18.1. The van der Waals surface area contributed by atoms with Gasteiger partial charge in [0.15, 0.2) is 0 Å². The van der Waals surface area contributed by atoms with Crippen LogP contribution in [-0.4, -0.2) is 73.2 Å². The Labute approximate surface area is 192 Å². The Bertz CT molecular complexity index is 1050. The van der Waals surface area contributed by atoms with Gasteiger partial charge >= 0.3 is 0 Å². The maximum Gasteiger partial charge on any atom is 0.244 e. The highest BCUT2D eigenvalue weighted by Gasteiger charge is 2.46. The number of aliphatic hydroxyl groups is 3. The molecular weight excluding hydrogens is 451 g/mol. The largest absolute Gasteiger partial charge is 0.492 e. The van der Waals surface area contributed by atoms with E-state index >= 15 is 0 Å². The molecule has 0 bridgehead atoms. The topological polar surface area (TPSA) is 119 Å². The summed E-state index contributed by atoms with van der Waals surface area (Å²) in [7, 11) is -3.93. The van der Waals surface area contributed by atoms with Crippen molar-refractivity contribution >= 4 is 10.0 Å². The first-order valence-electron chi connectivity index (χ1n) is 10.9. The SMILES string of the molecule is O=S1(=O)NC[C@H](O)CN(Cc2ccc(F)cc2)CC2(COc3ccccc31)C[C@@H](O)[C@@H](O)C2. The van der Waals surface area contributed by atoms with E-state index in [0.29, 0.717) is 13.1 Å². The third-order valence-electron chi connectivity index (χ3n) is 6.26. The number of hydrogen-bond acceptors (Lipinski definition) is 7. The standard InChI is InChI=1S/C23H29FN2O6S/c24-17-7-5-16(6-8-17)12-26-13-18(27)11-25-33(30,31)22-4-2-1-3-21(22)32-15-23(14-26)9-19(28)20(29)10-23/h1-8,18-20,25,27-29H,9-15H2/t18-,19-,20+,23?/m0/s1. The second-order valence-electron chi connectivity index (χ2n) is 9.08. The molecule has 0 radical (unpaired) electrons. The smallest absolute Gasteiger partial charge is 0.244 e. The lowest BCUT2D eigenvalue weighted by molar-refractivity contribution is 0.0427. The van der Waals surface area contributed by atoms with E-state index in [1.807, 2.05) is 4.90 Å². The van der Waals surface area contributed by atoms with Crippen LogP contribution in [0.3, 0.4) is 0 Å². The van der Waals surface area contributed by atoms with Gasteiger partial charge in [-0.3, -0.25) is 4.90 Å². The lowest BCUT2D eigenvalue weighted by atomic mass is 9.85. The van der Waals surface area contributed by atoms with Crippen LogP contribution in [0.25, 0.3) is 0 Å². The molecule has 2 aliphatic rings. The molecular formula is C23H29FN2O6S. The highest BCUT2D eigenvalue weighted by molar-refractivity contribution is 7.89. The van der Waals surface area contributed by atoms with Gasteiger partial charge in [-0.15, -0.1) is 0 Å². The molecule has 4 N–H and O–H groups in total. The Morgan fingerprint density at radius 1 is 1.06 bits per heavy atom. The molecule has 33 heavy (non-hydrogen) atoms. The maximum absolute atomic E-state index is 13.4. The predicted molar refractivity (Wildman–Crippen MR) is 118 cm³/mol. The van der Waals surface area contributed by atoms with Crippen molar-refractivity contribution in [3.63, 3.8) is 0 Å². The molecule has 1 fully saturated rings. The molecule has 0 amide bonds. The van der Waals surface area contributed by atoms with E-state index in [9.17, 15) is 28.1 Å². The van der Waals surface area contributed by atoms with E-state index in [4.69, 9.17) is 4.74 Å². The van der Waals surface area contributed by atoms with Crippen molar-refractivity contribution < 1.29 is 32.9 Å². The molecule has 1 aliphatic carbocycles. The number of halogens is 1. The van der Waals surface area contributed by atoms with Crippen molar-refractivity contribution in [2.45, 2.75) is 42.6 Å². The molecule has 1 saturated carbocycles. The number of nitrogens with one attached hydrogen (secondary N) is 1. The van der Waals surface area contributed by atoms with Crippen LogP contribution in [0.2, 0.25) is 0 Å². The number of nitrogens with zero attached hydrogens (tertiary/aromatic N) is 1. The molecule has 180 valence electrons. The lowest BCUT2D eigenvalue weighted by Gasteiger charge is -2.37. The van der Waals surface area contributed by atoms with E-state index in [-0.39, 0.29) is 49.0 Å². The summed E-state index contributed by atoms with van der Waals surface area (Å²) in [6, 6.07) is 12.3. The third kappa shape index (κ3) is 5.71. The lowest BCUT2D eigenvalue weighted by Crippen LogP contribution is -2.46. The van der Waals surface area contributed by atoms with Crippen LogP contribution in [0, 0.1) is 11.2 Å². The first kappa shape index (κ1) is 24.1. The van der Waals surface area contributed by atoms with Gasteiger partial charge in [0, 0.05) is 31.6 Å². The van der Waals surface area contributed by atoms with Crippen molar-refractivity contribution in [2.75, 3.05) is 26.2 Å². The fourth-order valence-corrected chi connectivity index (χ4v) is 5.93. The summed E-state index contributed by atoms with van der Waals surface area (Å²) in [6.07, 6.45) is -2.35. The number of ether oxygens (including phenoxy) is 1. The molecule has 2 aromatic rings. The van der Waals surface area contributed by atoms with Crippen LogP contribution in [0.15, 0.2) is 53.4 Å². The van der Waals surface area contributed by atoms with Crippen LogP contribution in [-0.2, 0) is 16.6 Å². The monoisotopic (exact) mass is 480 g/mol. The van der Waals surface area contributed by atoms with Crippen LogP contribution in [0.4, 0.5) is 4.39 Å². The number of hydrogen-bond donors (Lipinski definition) is 4. The van der Waals surface area contributed by atoms with Crippen molar-refractivity contribution in [1.82, 2.24) is 9.62 Å². The van der Waals surface area contributed by atoms with E-state index in [1.54, 1.807) is 30.3 Å². The van der Waals surface area contributed by atoms with Crippen LogP contribution in [0.5, 0.6) is 5.75 Å². The second-order valence-corrected chi connectivity index (χ2v) is 10.8. The average molecular weight is 481 g/mol. The zero-order chi connectivity index (χ0) is 23.6. The fraction of sp³-hybridized carbons (Fsp3) is 0.478. The van der Waals surface area contributed by atoms with Gasteiger partial charge in [-0.25, -0.2) is 17.5 Å². The quantitative estimate of drug-likeness (QED) is 0.503. The molecule has 4 atom stereocenters. The maximum atomic E-state index is 13.4. The van der Waals surface area contributed by atoms with Gasteiger partial charge < -0.3 is 20.1 Å². The van der Waals surface area contributed by atoms with Gasteiger partial charge in [0.25, 0.3) is 0 Å². The van der Waals surface area contributed by atoms with Gasteiger partial charge in [-0.05, 0) is 42.7 Å². The summed E-state index contributed by atoms with van der Waals surface area (Å²) in [6.45, 7) is 0.757. The number of fused-ring (bicyclic) bond motifs is 1. The Morgan fingerprint density at radius 3 is 2.42 bits per heavy atom. The summed E-state index contributed by atoms with van der Waals surface area (Å²) >= 11 is 0. The summed E-state index contributed by atoms with van der Waals surface area (Å²) in [4.78, 5) is 1.89. The number of para-hydroxylation sites is 1. The fourth-order valence-electron chi connectivity index (χ4n) is 4.71. The molecule has 1 unspecified atom stereocenters. The summed E-state index contributed by atoms with van der Waals surface area (Å²) in [5.41, 5.74) is 0.138. The molecule has 0 saturated heterocycles. The molecule has 10 heteroatoms. The molecule has 8 nitrogen and oxygen atoms in total. The van der Waals surface area contributed by atoms with Crippen molar-refractivity contribution in [2.24, 2.45) is 5.41 Å². The third-order valence-corrected chi connectivity index (χ3v) is 7.72. The number of rotatable bonds is 2. The van der Waals surface area contributed by atoms with Gasteiger partial charge in [-0.2, -0.15) is 0 Å². The van der Waals surface area contributed by atoms with Crippen molar-refractivity contribution in [3.05, 3.63) is 59.9 Å². The summed E-state index contributed by atoms with van der Waals surface area (Å²) < 4.78 is 47.5. The Balaban J connectivity index is 1.68. The minimum Gasteiger partial charge on any atom is -0.492 e. The van der Waals surface area contributed by atoms with E-state index in [2.05, 4.69) is 4.72 Å². The Hall–Kier alpha value is -2.08. The minimum absolute atomic E-state index is 0.0322. The first-order valence-corrected chi connectivity index (χ1v) is 12.4. The number of β-amino-alcohol motifs (C(OH)–C–C–N with tert-alkyl or cyclic N) is 1. The highest BCUT2D eigenvalue weighted by Crippen LogP contribution is 2.41. The number of aliphatic hydroxyl groups excluding tert-OH is 3. The normalized spacial score (nSPS) is 30.7. The van der Waals surface area contributed by atoms with Crippen molar-refractivity contribution in [3.8, 4) is 5.75 Å². The van der Waals surface area contributed by atoms with Gasteiger partial charge in [-0.1, -0.05) is 24.3 Å². The molecule has 0 aromatic heterocycles. The summed E-state index contributed by atoms with van der Waals surface area (Å²) in [5, 5.41) is 31.3. The molecule has 2 aromatic carbocycles. The number of sulfonamides is 1. The Kier molecular flexibility index (Phi) is 7.04. The van der Waals surface area contributed by atoms with Crippen LogP contribution < -0.4 is 9.46 Å². The first-order chi connectivity index (χ1) is 15.7. The van der Waals surface area contributed by atoms with Crippen LogP contribution in [0.1, 0.15) is 18.4 Å². The minimum atomic E-state index is -3.93. The Morgan fingerprint density at radius 2 is 1.73 bits per heavy atom. The van der Waals surface area contributed by atoms with Gasteiger partial charge in [0.05, 0.1) is 24.9 Å². The second kappa shape index (κ2) is 9.65. The zero-order valence-corrected chi connectivity index (χ0v) is 18.9. The molecule has 4 rings (SSSR count). The average Bonchev–Trinajstić information content (AvgIpc) is 3.05. The molecule has 1 heterocycles. The van der Waals surface area contributed by atoms with Crippen LogP contribution >= 0.6 is 0 Å². The van der Waals surface area contributed by atoms with Gasteiger partial charge in [0.1, 0.15) is 16.5 Å². The summed E-state index contributed by atoms with van der Waals surface area (Å²) in [5.74, 6) is -0.187. The molecule has 1 aliphatic heterocycles. The number of benzene rings is 2. The van der Waals surface area contributed by atoms with E-state index in [0.717, 1.165) is 5.56 Å². The predicted octanol–water partition coefficient (Wildman–Crippen LogP) is 0.861. The molecule has 1 spiro atoms. The van der Waals surface area contributed by atoms with E-state index in [1.165, 1.54) is 18.2 Å².